The maximum absolute atomic E-state index is 12.7. The molecule has 1 aliphatic heterocycles. The fourth-order valence-electron chi connectivity index (χ4n) is 2.62. The molecule has 8 nitrogen and oxygen atoms in total. The lowest BCUT2D eigenvalue weighted by atomic mass is 10.1. The van der Waals surface area contributed by atoms with Crippen molar-refractivity contribution < 1.29 is 35.9 Å². The van der Waals surface area contributed by atoms with Gasteiger partial charge in [0.1, 0.15) is 17.2 Å². The van der Waals surface area contributed by atoms with Crippen molar-refractivity contribution in [1.29, 1.82) is 0 Å². The van der Waals surface area contributed by atoms with Crippen molar-refractivity contribution in [3.8, 4) is 11.5 Å². The molecule has 2 aromatic rings. The minimum absolute atomic E-state index is 0.0241. The first kappa shape index (κ1) is 22.2. The molecule has 3 rings (SSSR count). The number of ether oxygens (including phenoxy) is 2. The minimum atomic E-state index is -4.84. The van der Waals surface area contributed by atoms with Gasteiger partial charge in [-0.3, -0.25) is 4.79 Å². The Bertz CT molecular complexity index is 1160. The average Bonchev–Trinajstić information content (AvgIpc) is 2.70. The predicted octanol–water partition coefficient (Wildman–Crippen LogP) is 3.10. The lowest BCUT2D eigenvalue weighted by molar-refractivity contribution is -0.274. The van der Waals surface area contributed by atoms with E-state index in [4.69, 9.17) is 4.74 Å². The van der Waals surface area contributed by atoms with E-state index in [0.29, 0.717) is 15.6 Å². The summed E-state index contributed by atoms with van der Waals surface area (Å²) in [7, 11) is -1.58. The molecule has 31 heavy (non-hydrogen) atoms. The quantitative estimate of drug-likeness (QED) is 0.747. The number of nitrogens with one attached hydrogen (secondary N) is 1. The lowest BCUT2D eigenvalue weighted by Crippen LogP contribution is -2.35. The van der Waals surface area contributed by atoms with Crippen LogP contribution in [0.25, 0.3) is 0 Å². The Morgan fingerprint density at radius 1 is 1.10 bits per heavy atom. The molecule has 1 N–H and O–H groups in total. The smallest absolute Gasteiger partial charge is 0.497 e. The van der Waals surface area contributed by atoms with Gasteiger partial charge in [0.05, 0.1) is 12.8 Å². The van der Waals surface area contributed by atoms with Crippen LogP contribution in [0.1, 0.15) is 5.56 Å². The number of anilines is 1. The minimum Gasteiger partial charge on any atom is -0.497 e. The van der Waals surface area contributed by atoms with Gasteiger partial charge in [-0.05, 0) is 42.5 Å². The van der Waals surface area contributed by atoms with E-state index in [1.807, 2.05) is 0 Å². The summed E-state index contributed by atoms with van der Waals surface area (Å²) in [5.41, 5.74) is 0.339. The van der Waals surface area contributed by atoms with Gasteiger partial charge < -0.3 is 14.8 Å². The number of benzene rings is 2. The number of nitrogens with zero attached hydrogens (tertiary/aromatic N) is 2. The zero-order valence-electron chi connectivity index (χ0n) is 16.2. The highest BCUT2D eigenvalue weighted by molar-refractivity contribution is 7.88. The number of hydrogen-bond donors (Lipinski definition) is 1. The second kappa shape index (κ2) is 8.30. The summed E-state index contributed by atoms with van der Waals surface area (Å²) in [6.45, 7) is 0. The molecular weight excluding hydrogens is 439 g/mol. The maximum atomic E-state index is 12.7. The van der Waals surface area contributed by atoms with Crippen LogP contribution in [0.5, 0.6) is 11.5 Å². The van der Waals surface area contributed by atoms with Crippen molar-refractivity contribution in [2.75, 3.05) is 19.5 Å². The molecule has 0 atom stereocenters. The Morgan fingerprint density at radius 2 is 1.77 bits per heavy atom. The maximum Gasteiger partial charge on any atom is 0.573 e. The van der Waals surface area contributed by atoms with Gasteiger partial charge in [-0.25, -0.2) is 4.31 Å². The molecule has 1 amide bonds. The van der Waals surface area contributed by atoms with Crippen molar-refractivity contribution in [2.24, 2.45) is 4.40 Å². The highest BCUT2D eigenvalue weighted by atomic mass is 32.2. The first-order valence-corrected chi connectivity index (χ1v) is 10.0. The van der Waals surface area contributed by atoms with E-state index in [-0.39, 0.29) is 17.1 Å². The Kier molecular flexibility index (Phi) is 5.93. The van der Waals surface area contributed by atoms with Crippen LogP contribution in [0.2, 0.25) is 0 Å². The van der Waals surface area contributed by atoms with Gasteiger partial charge in [0.15, 0.2) is 0 Å². The molecule has 0 fully saturated rings. The third-order valence-corrected chi connectivity index (χ3v) is 5.43. The molecule has 0 bridgehead atoms. The first-order valence-electron chi connectivity index (χ1n) is 8.60. The number of amides is 1. The Balaban J connectivity index is 1.86. The SMILES string of the molecule is COc1cccc(C2=NS(=O)(=O)N(C)C(C(=O)Nc3ccc(OC(F)(F)F)cc3)=C2)c1. The van der Waals surface area contributed by atoms with Crippen molar-refractivity contribution in [3.05, 3.63) is 65.9 Å². The van der Waals surface area contributed by atoms with E-state index in [0.717, 1.165) is 19.2 Å². The second-order valence-corrected chi connectivity index (χ2v) is 7.84. The monoisotopic (exact) mass is 455 g/mol. The lowest BCUT2D eigenvalue weighted by Gasteiger charge is -2.23. The van der Waals surface area contributed by atoms with Crippen LogP contribution in [-0.2, 0) is 15.0 Å². The molecule has 1 heterocycles. The molecular formula is C19H16F3N3O5S. The highest BCUT2D eigenvalue weighted by Gasteiger charge is 2.32. The Hall–Kier alpha value is -3.54. The fourth-order valence-corrected chi connectivity index (χ4v) is 3.53. The van der Waals surface area contributed by atoms with Gasteiger partial charge in [-0.1, -0.05) is 12.1 Å². The predicted molar refractivity (Wildman–Crippen MR) is 106 cm³/mol. The molecule has 0 aliphatic carbocycles. The third-order valence-electron chi connectivity index (χ3n) is 4.12. The van der Waals surface area contributed by atoms with Crippen molar-refractivity contribution in [3.63, 3.8) is 0 Å². The Morgan fingerprint density at radius 3 is 2.39 bits per heavy atom. The number of alkyl halides is 3. The van der Waals surface area contributed by atoms with E-state index in [1.165, 1.54) is 25.3 Å². The number of likely N-dealkylation sites (N-methyl/N-ethyl adjacent to an activating group) is 1. The van der Waals surface area contributed by atoms with Gasteiger partial charge >= 0.3 is 16.6 Å². The zero-order valence-corrected chi connectivity index (χ0v) is 17.0. The van der Waals surface area contributed by atoms with Crippen LogP contribution in [0, 0.1) is 0 Å². The van der Waals surface area contributed by atoms with Crippen LogP contribution in [0.3, 0.4) is 0 Å². The molecule has 0 radical (unpaired) electrons. The van der Waals surface area contributed by atoms with Crippen LogP contribution in [0.4, 0.5) is 18.9 Å². The van der Waals surface area contributed by atoms with E-state index in [9.17, 15) is 26.4 Å². The van der Waals surface area contributed by atoms with Gasteiger partial charge in [-0.2, -0.15) is 8.42 Å². The fraction of sp³-hybridized carbons (Fsp3) is 0.158. The number of hydrogen-bond acceptors (Lipinski definition) is 5. The molecule has 0 saturated carbocycles. The summed E-state index contributed by atoms with van der Waals surface area (Å²) in [6, 6.07) is 10.9. The number of rotatable bonds is 5. The molecule has 0 unspecified atom stereocenters. The standard InChI is InChI=1S/C19H16F3N3O5S/c1-25-17(18(26)23-13-6-8-14(9-7-13)30-19(20,21)22)11-16(24-31(25,27)28)12-4-3-5-15(10-12)29-2/h3-11H,1-2H3,(H,23,26). The topological polar surface area (TPSA) is 97.3 Å². The number of carbonyl (C=O) groups is 1. The van der Waals surface area contributed by atoms with Gasteiger partial charge in [0.25, 0.3) is 5.91 Å². The molecule has 0 aromatic heterocycles. The molecule has 0 saturated heterocycles. The molecule has 12 heteroatoms. The van der Waals surface area contributed by atoms with Crippen molar-refractivity contribution >= 4 is 27.5 Å². The number of halogens is 3. The van der Waals surface area contributed by atoms with Gasteiger partial charge in [-0.15, -0.1) is 17.6 Å². The molecule has 0 spiro atoms. The van der Waals surface area contributed by atoms with Crippen molar-refractivity contribution in [2.45, 2.75) is 6.36 Å². The summed E-state index contributed by atoms with van der Waals surface area (Å²) < 4.78 is 74.9. The zero-order chi connectivity index (χ0) is 22.8. The van der Waals surface area contributed by atoms with Gasteiger partial charge in [0, 0.05) is 18.3 Å². The van der Waals surface area contributed by atoms with E-state index in [1.54, 1.807) is 24.3 Å². The van der Waals surface area contributed by atoms with Crippen LogP contribution >= 0.6 is 0 Å². The third kappa shape index (κ3) is 5.34. The van der Waals surface area contributed by atoms with Crippen LogP contribution < -0.4 is 14.8 Å². The van der Waals surface area contributed by atoms with Gasteiger partial charge in [0.2, 0.25) is 0 Å². The summed E-state index contributed by atoms with van der Waals surface area (Å²) >= 11 is 0. The highest BCUT2D eigenvalue weighted by Crippen LogP contribution is 2.25. The number of methoxy groups -OCH3 is 1. The van der Waals surface area contributed by atoms with Crippen LogP contribution in [0.15, 0.2) is 64.7 Å². The molecule has 1 aliphatic rings. The van der Waals surface area contributed by atoms with Crippen molar-refractivity contribution in [1.82, 2.24) is 4.31 Å². The summed E-state index contributed by atoms with van der Waals surface area (Å²) in [4.78, 5) is 12.7. The molecule has 164 valence electrons. The first-order chi connectivity index (χ1) is 14.5. The number of carbonyl (C=O) groups excluding carboxylic acids is 1. The summed E-state index contributed by atoms with van der Waals surface area (Å²) in [5, 5.41) is 2.43. The second-order valence-electron chi connectivity index (χ2n) is 6.21. The average molecular weight is 455 g/mol. The summed E-state index contributed by atoms with van der Waals surface area (Å²) in [6.07, 6.45) is -3.56. The summed E-state index contributed by atoms with van der Waals surface area (Å²) in [5.74, 6) is -0.794. The number of allylic oxidation sites excluding steroid dienone is 1. The van der Waals surface area contributed by atoms with E-state index >= 15 is 0 Å². The molecule has 2 aromatic carbocycles. The van der Waals surface area contributed by atoms with E-state index in [2.05, 4.69) is 14.5 Å². The van der Waals surface area contributed by atoms with Crippen LogP contribution in [-0.4, -0.2) is 44.9 Å². The largest absolute Gasteiger partial charge is 0.573 e. The normalized spacial score (nSPS) is 15.6. The Labute approximate surface area is 175 Å². The van der Waals surface area contributed by atoms with E-state index < -0.39 is 28.2 Å².